The zero-order valence-corrected chi connectivity index (χ0v) is 15.0. The number of hydrogen-bond donors (Lipinski definition) is 1. The van der Waals surface area contributed by atoms with Crippen LogP contribution < -0.4 is 11.2 Å². The van der Waals surface area contributed by atoms with Gasteiger partial charge in [0.1, 0.15) is 11.3 Å². The molecule has 4 aliphatic carbocycles. The molecule has 0 unspecified atom stereocenters. The Balaban J connectivity index is 0.000000758. The van der Waals surface area contributed by atoms with E-state index < -0.39 is 0 Å². The minimum Gasteiger partial charge on any atom is -0.336 e. The van der Waals surface area contributed by atoms with Crippen LogP contribution in [0.25, 0.3) is 11.2 Å². The first-order chi connectivity index (χ1) is 12.0. The fraction of sp³-hybridized carbons (Fsp3) is 0.632. The number of nitrogens with one attached hydrogen (secondary N) is 1. The maximum Gasteiger partial charge on any atom is 0.332 e. The first-order valence-electron chi connectivity index (χ1n) is 9.24. The molecule has 1 N–H and O–H groups in total. The average molecular weight is 342 g/mol. The average Bonchev–Trinajstić information content (AvgIpc) is 3.27. The van der Waals surface area contributed by atoms with Gasteiger partial charge in [0.05, 0.1) is 0 Å². The van der Waals surface area contributed by atoms with Crippen LogP contribution in [-0.2, 0) is 19.0 Å². The second kappa shape index (κ2) is 5.44. The molecular formula is C19H26N4O2. The molecule has 6 heteroatoms. The molecule has 2 bridgehead atoms. The topological polar surface area (TPSA) is 72.7 Å². The minimum atomic E-state index is -0.266. The second-order valence-corrected chi connectivity index (χ2v) is 7.89. The Hall–Kier alpha value is -2.11. The van der Waals surface area contributed by atoms with E-state index in [4.69, 9.17) is 4.98 Å². The molecule has 2 aromatic heterocycles. The number of nitrogens with zero attached hydrogens (tertiary/aromatic N) is 3. The van der Waals surface area contributed by atoms with Crippen LogP contribution in [0.1, 0.15) is 44.9 Å². The standard InChI is InChI=1S/C17H22N4O2.C2H4/c1-3-4-21-13-12(14(22)20(2)16(21)23)18-15(19-13)17-6-9-5-11(9)10(7-17)8-17;1-2/h9-11H,3-8H2,1-2H3,(H,18,19);1-2H2/t9-,10?,11-,17?;/m1./s1. The molecule has 0 saturated heterocycles. The van der Waals surface area contributed by atoms with E-state index >= 15 is 0 Å². The van der Waals surface area contributed by atoms with Crippen molar-refractivity contribution in [3.05, 3.63) is 39.8 Å². The third-order valence-electron chi connectivity index (χ3n) is 6.47. The van der Waals surface area contributed by atoms with E-state index in [1.54, 1.807) is 11.6 Å². The Morgan fingerprint density at radius 2 is 1.92 bits per heavy atom. The number of rotatable bonds is 3. The van der Waals surface area contributed by atoms with Gasteiger partial charge in [0.15, 0.2) is 5.65 Å². The summed E-state index contributed by atoms with van der Waals surface area (Å²) in [6.45, 7) is 8.62. The van der Waals surface area contributed by atoms with E-state index in [0.717, 1.165) is 30.0 Å². The first-order valence-corrected chi connectivity index (χ1v) is 9.24. The quantitative estimate of drug-likeness (QED) is 0.870. The molecule has 4 aliphatic rings. The molecule has 4 saturated carbocycles. The van der Waals surface area contributed by atoms with E-state index in [1.165, 1.54) is 30.3 Å². The molecule has 4 fully saturated rings. The Labute approximate surface area is 146 Å². The van der Waals surface area contributed by atoms with Gasteiger partial charge in [-0.1, -0.05) is 6.92 Å². The normalized spacial score (nSPS) is 31.7. The van der Waals surface area contributed by atoms with E-state index in [2.05, 4.69) is 18.1 Å². The van der Waals surface area contributed by atoms with Crippen molar-refractivity contribution in [3.8, 4) is 0 Å². The summed E-state index contributed by atoms with van der Waals surface area (Å²) in [4.78, 5) is 33.0. The van der Waals surface area contributed by atoms with Crippen LogP contribution in [0.2, 0.25) is 0 Å². The largest absolute Gasteiger partial charge is 0.336 e. The maximum atomic E-state index is 12.5. The number of hydrogen-bond acceptors (Lipinski definition) is 3. The van der Waals surface area contributed by atoms with Crippen LogP contribution >= 0.6 is 0 Å². The highest BCUT2D eigenvalue weighted by Gasteiger charge is 2.63. The minimum absolute atomic E-state index is 0.138. The number of aromatic nitrogens is 4. The van der Waals surface area contributed by atoms with Gasteiger partial charge < -0.3 is 4.98 Å². The molecule has 0 amide bonds. The van der Waals surface area contributed by atoms with Crippen molar-refractivity contribution in [2.45, 2.75) is 51.0 Å². The summed E-state index contributed by atoms with van der Waals surface area (Å²) >= 11 is 0. The highest BCUT2D eigenvalue weighted by molar-refractivity contribution is 5.70. The molecule has 25 heavy (non-hydrogen) atoms. The number of H-pyrrole nitrogens is 1. The van der Waals surface area contributed by atoms with Gasteiger partial charge in [-0.25, -0.2) is 9.78 Å². The lowest BCUT2D eigenvalue weighted by molar-refractivity contribution is 0.0533. The summed E-state index contributed by atoms with van der Waals surface area (Å²) in [7, 11) is 1.55. The summed E-state index contributed by atoms with van der Waals surface area (Å²) in [5.74, 6) is 3.65. The molecular weight excluding hydrogens is 316 g/mol. The number of aryl methyl sites for hydroxylation is 1. The van der Waals surface area contributed by atoms with Crippen LogP contribution in [0, 0.1) is 17.8 Å². The molecule has 2 aromatic rings. The highest BCUT2D eigenvalue weighted by Crippen LogP contribution is 2.69. The van der Waals surface area contributed by atoms with Crippen LogP contribution in [0.4, 0.5) is 0 Å². The zero-order chi connectivity index (χ0) is 17.9. The lowest BCUT2D eigenvalue weighted by Crippen LogP contribution is -2.47. The summed E-state index contributed by atoms with van der Waals surface area (Å²) in [5.41, 5.74) is 0.650. The summed E-state index contributed by atoms with van der Waals surface area (Å²) in [5, 5.41) is 0. The van der Waals surface area contributed by atoms with Gasteiger partial charge in [-0.15, -0.1) is 13.2 Å². The Morgan fingerprint density at radius 3 is 2.56 bits per heavy atom. The predicted molar refractivity (Wildman–Crippen MR) is 97.8 cm³/mol. The zero-order valence-electron chi connectivity index (χ0n) is 15.0. The van der Waals surface area contributed by atoms with E-state index in [0.29, 0.717) is 17.7 Å². The molecule has 6 nitrogen and oxygen atoms in total. The predicted octanol–water partition coefficient (Wildman–Crippen LogP) is 2.32. The molecule has 2 atom stereocenters. The maximum absolute atomic E-state index is 12.5. The van der Waals surface area contributed by atoms with Gasteiger partial charge in [0, 0.05) is 19.0 Å². The van der Waals surface area contributed by atoms with Crippen molar-refractivity contribution in [1.29, 1.82) is 0 Å². The number of aromatic amines is 1. The fourth-order valence-corrected chi connectivity index (χ4v) is 5.20. The molecule has 0 spiro atoms. The lowest BCUT2D eigenvalue weighted by atomic mass is 9.54. The van der Waals surface area contributed by atoms with Gasteiger partial charge in [-0.2, -0.15) is 0 Å². The molecule has 2 heterocycles. The molecule has 0 radical (unpaired) electrons. The summed E-state index contributed by atoms with van der Waals surface area (Å²) in [6, 6.07) is 0. The number of imidazole rings is 1. The Morgan fingerprint density at radius 1 is 1.24 bits per heavy atom. The molecule has 134 valence electrons. The molecule has 0 aromatic carbocycles. The Kier molecular flexibility index (Phi) is 3.56. The van der Waals surface area contributed by atoms with Crippen molar-refractivity contribution < 1.29 is 0 Å². The second-order valence-electron chi connectivity index (χ2n) is 7.89. The van der Waals surface area contributed by atoms with Crippen LogP contribution in [0.5, 0.6) is 0 Å². The monoisotopic (exact) mass is 342 g/mol. The van der Waals surface area contributed by atoms with Gasteiger partial charge in [-0.05, 0) is 49.9 Å². The third-order valence-corrected chi connectivity index (χ3v) is 6.47. The van der Waals surface area contributed by atoms with Crippen LogP contribution in [0.3, 0.4) is 0 Å². The fourth-order valence-electron chi connectivity index (χ4n) is 5.20. The summed E-state index contributed by atoms with van der Waals surface area (Å²) < 4.78 is 2.84. The van der Waals surface area contributed by atoms with E-state index in [-0.39, 0.29) is 16.7 Å². The van der Waals surface area contributed by atoms with Crippen molar-refractivity contribution in [2.24, 2.45) is 24.8 Å². The first kappa shape index (κ1) is 16.4. The SMILES string of the molecule is C=C.CCCn1c(=O)n(C)c(=O)c2[nH]c(C34CC(C3)[C@@H]3C[C@@H]3C4)nc21. The van der Waals surface area contributed by atoms with E-state index in [1.807, 2.05) is 6.92 Å². The smallest absolute Gasteiger partial charge is 0.332 e. The van der Waals surface area contributed by atoms with Crippen LogP contribution in [-0.4, -0.2) is 19.1 Å². The van der Waals surface area contributed by atoms with Crippen LogP contribution in [0.15, 0.2) is 22.7 Å². The lowest BCUT2D eigenvalue weighted by Gasteiger charge is -2.51. The van der Waals surface area contributed by atoms with Gasteiger partial charge in [0.25, 0.3) is 5.56 Å². The third kappa shape index (κ3) is 2.12. The molecule has 6 rings (SSSR count). The number of fused-ring (bicyclic) bond motifs is 1. The summed E-state index contributed by atoms with van der Waals surface area (Å²) in [6.07, 6.45) is 5.83. The Bertz CT molecular complexity index is 945. The van der Waals surface area contributed by atoms with Crippen molar-refractivity contribution in [2.75, 3.05) is 0 Å². The van der Waals surface area contributed by atoms with Gasteiger partial charge in [-0.3, -0.25) is 13.9 Å². The van der Waals surface area contributed by atoms with Crippen molar-refractivity contribution >= 4 is 11.2 Å². The van der Waals surface area contributed by atoms with Gasteiger partial charge in [0.2, 0.25) is 0 Å². The highest BCUT2D eigenvalue weighted by atomic mass is 16.2. The van der Waals surface area contributed by atoms with E-state index in [9.17, 15) is 9.59 Å². The van der Waals surface area contributed by atoms with Gasteiger partial charge >= 0.3 is 5.69 Å². The molecule has 0 aliphatic heterocycles. The van der Waals surface area contributed by atoms with Crippen molar-refractivity contribution in [1.82, 2.24) is 19.1 Å². The van der Waals surface area contributed by atoms with Crippen molar-refractivity contribution in [3.63, 3.8) is 0 Å².